The summed E-state index contributed by atoms with van der Waals surface area (Å²) in [5, 5.41) is 3.41. The fourth-order valence-electron chi connectivity index (χ4n) is 2.22. The summed E-state index contributed by atoms with van der Waals surface area (Å²) in [6.45, 7) is 3.81. The highest BCUT2D eigenvalue weighted by atomic mass is 19.1. The van der Waals surface area contributed by atoms with Crippen LogP contribution in [0.15, 0.2) is 24.3 Å². The topological polar surface area (TPSA) is 21.3 Å². The highest BCUT2D eigenvalue weighted by Crippen LogP contribution is 2.26. The van der Waals surface area contributed by atoms with E-state index in [1.165, 1.54) is 12.1 Å². The minimum atomic E-state index is -0.189. The van der Waals surface area contributed by atoms with E-state index in [2.05, 4.69) is 12.2 Å². The van der Waals surface area contributed by atoms with Crippen LogP contribution in [-0.4, -0.2) is 19.3 Å². The van der Waals surface area contributed by atoms with Crippen LogP contribution in [0.4, 0.5) is 4.39 Å². The molecule has 1 N–H and O–H groups in total. The zero-order valence-electron chi connectivity index (χ0n) is 9.58. The Morgan fingerprint density at radius 2 is 2.19 bits per heavy atom. The van der Waals surface area contributed by atoms with E-state index in [9.17, 15) is 4.39 Å². The summed E-state index contributed by atoms with van der Waals surface area (Å²) in [7, 11) is 0. The molecule has 1 aliphatic rings. The number of nitrogens with one attached hydrogen (secondary N) is 1. The summed E-state index contributed by atoms with van der Waals surface area (Å²) in [6, 6.07) is 6.88. The third-order valence-corrected chi connectivity index (χ3v) is 2.99. The van der Waals surface area contributed by atoms with E-state index in [0.717, 1.165) is 31.6 Å². The number of hydrogen-bond donors (Lipinski definition) is 1. The van der Waals surface area contributed by atoms with E-state index in [-0.39, 0.29) is 18.0 Å². The number of rotatable bonds is 4. The maximum Gasteiger partial charge on any atom is 0.123 e. The summed E-state index contributed by atoms with van der Waals surface area (Å²) in [6.07, 6.45) is 2.42. The van der Waals surface area contributed by atoms with Crippen LogP contribution in [0.25, 0.3) is 0 Å². The minimum Gasteiger partial charge on any atom is -0.376 e. The molecule has 1 aromatic carbocycles. The predicted octanol–water partition coefficient (Wildman–Crippen LogP) is 2.66. The predicted molar refractivity (Wildman–Crippen MR) is 61.8 cm³/mol. The third-order valence-electron chi connectivity index (χ3n) is 2.99. The van der Waals surface area contributed by atoms with Gasteiger partial charge in [-0.1, -0.05) is 19.1 Å². The molecule has 16 heavy (non-hydrogen) atoms. The molecule has 0 aromatic heterocycles. The van der Waals surface area contributed by atoms with Crippen LogP contribution in [0.3, 0.4) is 0 Å². The Bertz CT molecular complexity index is 319. The summed E-state index contributed by atoms with van der Waals surface area (Å²) < 4.78 is 18.6. The average Bonchev–Trinajstić information content (AvgIpc) is 2.81. The Morgan fingerprint density at radius 3 is 2.75 bits per heavy atom. The highest BCUT2D eigenvalue weighted by Gasteiger charge is 2.26. The van der Waals surface area contributed by atoms with Crippen LogP contribution >= 0.6 is 0 Å². The number of benzene rings is 1. The second kappa shape index (κ2) is 5.41. The molecule has 1 saturated heterocycles. The zero-order chi connectivity index (χ0) is 11.4. The van der Waals surface area contributed by atoms with Gasteiger partial charge in [0.25, 0.3) is 0 Å². The molecule has 0 bridgehead atoms. The quantitative estimate of drug-likeness (QED) is 0.847. The molecule has 0 aliphatic carbocycles. The van der Waals surface area contributed by atoms with Gasteiger partial charge in [-0.25, -0.2) is 4.39 Å². The molecule has 2 atom stereocenters. The van der Waals surface area contributed by atoms with Gasteiger partial charge in [-0.3, -0.25) is 0 Å². The van der Waals surface area contributed by atoms with Crippen molar-refractivity contribution in [2.24, 2.45) is 0 Å². The number of hydrogen-bond acceptors (Lipinski definition) is 2. The molecule has 1 heterocycles. The lowest BCUT2D eigenvalue weighted by atomic mass is 9.99. The van der Waals surface area contributed by atoms with Crippen molar-refractivity contribution in [1.29, 1.82) is 0 Å². The van der Waals surface area contributed by atoms with Crippen molar-refractivity contribution in [1.82, 2.24) is 5.32 Å². The normalized spacial score (nSPS) is 22.2. The van der Waals surface area contributed by atoms with E-state index >= 15 is 0 Å². The van der Waals surface area contributed by atoms with E-state index in [1.807, 2.05) is 12.1 Å². The molecule has 88 valence electrons. The Labute approximate surface area is 95.8 Å². The minimum absolute atomic E-state index is 0.188. The first-order valence-electron chi connectivity index (χ1n) is 5.91. The maximum absolute atomic E-state index is 12.9. The van der Waals surface area contributed by atoms with Crippen LogP contribution in [0, 0.1) is 5.82 Å². The average molecular weight is 223 g/mol. The Hall–Kier alpha value is -0.930. The molecule has 0 amide bonds. The van der Waals surface area contributed by atoms with Crippen LogP contribution < -0.4 is 5.32 Å². The van der Waals surface area contributed by atoms with Crippen LogP contribution in [0.2, 0.25) is 0 Å². The van der Waals surface area contributed by atoms with Gasteiger partial charge in [0.15, 0.2) is 0 Å². The van der Waals surface area contributed by atoms with Gasteiger partial charge in [0.1, 0.15) is 5.82 Å². The van der Waals surface area contributed by atoms with Gasteiger partial charge in [-0.2, -0.15) is 0 Å². The van der Waals surface area contributed by atoms with Crippen LogP contribution in [0.5, 0.6) is 0 Å². The molecule has 1 aliphatic heterocycles. The largest absolute Gasteiger partial charge is 0.376 e. The molecular weight excluding hydrogens is 205 g/mol. The molecule has 0 radical (unpaired) electrons. The molecule has 0 saturated carbocycles. The van der Waals surface area contributed by atoms with E-state index in [0.29, 0.717) is 0 Å². The molecule has 2 rings (SSSR count). The van der Waals surface area contributed by atoms with E-state index in [4.69, 9.17) is 4.74 Å². The van der Waals surface area contributed by atoms with Gasteiger partial charge in [-0.15, -0.1) is 0 Å². The fraction of sp³-hybridized carbons (Fsp3) is 0.538. The first-order valence-corrected chi connectivity index (χ1v) is 5.91. The van der Waals surface area contributed by atoms with Gasteiger partial charge >= 0.3 is 0 Å². The van der Waals surface area contributed by atoms with Crippen molar-refractivity contribution < 1.29 is 9.13 Å². The lowest BCUT2D eigenvalue weighted by molar-refractivity contribution is 0.0788. The number of halogens is 1. The maximum atomic E-state index is 12.9. The van der Waals surface area contributed by atoms with Gasteiger partial charge in [0.2, 0.25) is 0 Å². The van der Waals surface area contributed by atoms with Crippen molar-refractivity contribution >= 4 is 0 Å². The van der Waals surface area contributed by atoms with Crippen molar-refractivity contribution in [2.75, 3.05) is 13.2 Å². The Kier molecular flexibility index (Phi) is 3.91. The summed E-state index contributed by atoms with van der Waals surface area (Å²) in [5.74, 6) is -0.189. The summed E-state index contributed by atoms with van der Waals surface area (Å²) in [4.78, 5) is 0. The van der Waals surface area contributed by atoms with E-state index in [1.54, 1.807) is 0 Å². The molecule has 2 unspecified atom stereocenters. The van der Waals surface area contributed by atoms with Crippen LogP contribution in [-0.2, 0) is 4.74 Å². The summed E-state index contributed by atoms with van der Waals surface area (Å²) in [5.41, 5.74) is 1.11. The second-order valence-electron chi connectivity index (χ2n) is 4.14. The van der Waals surface area contributed by atoms with Gasteiger partial charge < -0.3 is 10.1 Å². The molecular formula is C13H18FNO. The monoisotopic (exact) mass is 223 g/mol. The molecule has 0 spiro atoms. The van der Waals surface area contributed by atoms with Crippen molar-refractivity contribution in [3.8, 4) is 0 Å². The van der Waals surface area contributed by atoms with Gasteiger partial charge in [-0.05, 0) is 37.1 Å². The SMILES string of the molecule is CCNC(c1ccc(F)cc1)C1CCCO1. The third kappa shape index (κ3) is 2.60. The van der Waals surface area contributed by atoms with Gasteiger partial charge in [0.05, 0.1) is 12.1 Å². The second-order valence-corrected chi connectivity index (χ2v) is 4.14. The molecule has 2 nitrogen and oxygen atoms in total. The molecule has 3 heteroatoms. The first-order chi connectivity index (χ1) is 7.81. The van der Waals surface area contributed by atoms with Gasteiger partial charge in [0, 0.05) is 6.61 Å². The van der Waals surface area contributed by atoms with Crippen LogP contribution in [0.1, 0.15) is 31.4 Å². The lowest BCUT2D eigenvalue weighted by Crippen LogP contribution is -2.31. The lowest BCUT2D eigenvalue weighted by Gasteiger charge is -2.24. The molecule has 1 fully saturated rings. The molecule has 1 aromatic rings. The highest BCUT2D eigenvalue weighted by molar-refractivity contribution is 5.21. The van der Waals surface area contributed by atoms with E-state index < -0.39 is 0 Å². The van der Waals surface area contributed by atoms with Crippen molar-refractivity contribution in [3.05, 3.63) is 35.6 Å². The zero-order valence-corrected chi connectivity index (χ0v) is 9.58. The Morgan fingerprint density at radius 1 is 1.44 bits per heavy atom. The standard InChI is InChI=1S/C13H18FNO/c1-2-15-13(12-4-3-9-16-12)10-5-7-11(14)8-6-10/h5-8,12-13,15H,2-4,9H2,1H3. The summed E-state index contributed by atoms with van der Waals surface area (Å²) >= 11 is 0. The fourth-order valence-corrected chi connectivity index (χ4v) is 2.22. The van der Waals surface area contributed by atoms with Crippen molar-refractivity contribution in [2.45, 2.75) is 31.9 Å². The Balaban J connectivity index is 2.14. The first kappa shape index (κ1) is 11.6. The smallest absolute Gasteiger partial charge is 0.123 e. The number of likely N-dealkylation sites (N-methyl/N-ethyl adjacent to an activating group) is 1. The van der Waals surface area contributed by atoms with Crippen molar-refractivity contribution in [3.63, 3.8) is 0 Å². The number of ether oxygens (including phenoxy) is 1.